The van der Waals surface area contributed by atoms with Crippen LogP contribution in [-0.2, 0) is 6.54 Å². The van der Waals surface area contributed by atoms with Gasteiger partial charge in [0.1, 0.15) is 5.01 Å². The molecule has 0 spiro atoms. The molecule has 0 aliphatic carbocycles. The molecular formula is C16H16N2S2. The highest BCUT2D eigenvalue weighted by Crippen LogP contribution is 2.21. The second kappa shape index (κ2) is 6.88. The molecule has 0 saturated heterocycles. The highest BCUT2D eigenvalue weighted by atomic mass is 32.2. The first kappa shape index (κ1) is 13.6. The van der Waals surface area contributed by atoms with E-state index in [0.717, 1.165) is 29.4 Å². The predicted molar refractivity (Wildman–Crippen MR) is 88.5 cm³/mol. The monoisotopic (exact) mass is 300 g/mol. The van der Waals surface area contributed by atoms with E-state index in [-0.39, 0.29) is 0 Å². The normalized spacial score (nSPS) is 11.0. The Bertz CT molecular complexity index is 631. The number of aromatic nitrogens is 1. The van der Waals surface area contributed by atoms with Crippen molar-refractivity contribution in [3.63, 3.8) is 0 Å². The van der Waals surface area contributed by atoms with Crippen LogP contribution in [0.3, 0.4) is 0 Å². The van der Waals surface area contributed by atoms with E-state index in [4.69, 9.17) is 0 Å². The summed E-state index contributed by atoms with van der Waals surface area (Å²) >= 11 is 3.65. The van der Waals surface area contributed by atoms with Crippen LogP contribution in [0.5, 0.6) is 0 Å². The molecule has 0 saturated carbocycles. The van der Waals surface area contributed by atoms with Crippen LogP contribution in [0, 0.1) is 0 Å². The van der Waals surface area contributed by atoms with E-state index in [0.29, 0.717) is 0 Å². The summed E-state index contributed by atoms with van der Waals surface area (Å²) in [6.07, 6.45) is 0. The van der Waals surface area contributed by atoms with Gasteiger partial charge in [-0.3, -0.25) is 0 Å². The minimum Gasteiger partial charge on any atom is -0.310 e. The lowest BCUT2D eigenvalue weighted by Gasteiger charge is -2.02. The average molecular weight is 300 g/mol. The number of nitrogens with zero attached hydrogens (tertiary/aromatic N) is 1. The van der Waals surface area contributed by atoms with Crippen molar-refractivity contribution in [2.75, 3.05) is 12.3 Å². The first-order chi connectivity index (χ1) is 9.92. The molecule has 0 aliphatic heterocycles. The number of benzene rings is 2. The minimum atomic E-state index is 0.856. The standard InChI is InChI=1S/C16H16N2S2/c1-2-6-13(7-3-1)19-11-10-17-12-16-18-14-8-4-5-9-15(14)20-16/h1-9,17H,10-12H2. The van der Waals surface area contributed by atoms with Crippen LogP contribution in [0.25, 0.3) is 10.2 Å². The molecule has 1 N–H and O–H groups in total. The molecule has 3 aromatic rings. The third-order valence-electron chi connectivity index (χ3n) is 2.91. The van der Waals surface area contributed by atoms with E-state index in [1.54, 1.807) is 11.3 Å². The first-order valence-corrected chi connectivity index (χ1v) is 8.45. The Kier molecular flexibility index (Phi) is 4.69. The zero-order valence-electron chi connectivity index (χ0n) is 11.1. The van der Waals surface area contributed by atoms with Gasteiger partial charge in [0.2, 0.25) is 0 Å². The Morgan fingerprint density at radius 2 is 1.80 bits per heavy atom. The Morgan fingerprint density at radius 3 is 2.65 bits per heavy atom. The van der Waals surface area contributed by atoms with Gasteiger partial charge in [-0.25, -0.2) is 4.98 Å². The second-order valence-corrected chi connectivity index (χ2v) is 6.70. The van der Waals surface area contributed by atoms with Gasteiger partial charge in [0.25, 0.3) is 0 Å². The van der Waals surface area contributed by atoms with Gasteiger partial charge in [-0.1, -0.05) is 30.3 Å². The molecule has 0 aliphatic rings. The van der Waals surface area contributed by atoms with E-state index in [1.807, 2.05) is 17.8 Å². The topological polar surface area (TPSA) is 24.9 Å². The molecular weight excluding hydrogens is 284 g/mol. The number of fused-ring (bicyclic) bond motifs is 1. The quantitative estimate of drug-likeness (QED) is 0.546. The molecule has 2 aromatic carbocycles. The lowest BCUT2D eigenvalue weighted by atomic mass is 10.3. The summed E-state index contributed by atoms with van der Waals surface area (Å²) in [6, 6.07) is 18.8. The maximum Gasteiger partial charge on any atom is 0.108 e. The Morgan fingerprint density at radius 1 is 1.00 bits per heavy atom. The summed E-state index contributed by atoms with van der Waals surface area (Å²) in [4.78, 5) is 5.95. The largest absolute Gasteiger partial charge is 0.310 e. The lowest BCUT2D eigenvalue weighted by molar-refractivity contribution is 0.729. The Hall–Kier alpha value is -1.36. The molecule has 0 bridgehead atoms. The van der Waals surface area contributed by atoms with E-state index in [1.165, 1.54) is 9.60 Å². The Labute approximate surface area is 127 Å². The van der Waals surface area contributed by atoms with Crippen molar-refractivity contribution >= 4 is 33.3 Å². The molecule has 1 aromatic heterocycles. The molecule has 3 rings (SSSR count). The number of hydrogen-bond donors (Lipinski definition) is 1. The van der Waals surface area contributed by atoms with E-state index in [2.05, 4.69) is 58.8 Å². The molecule has 0 radical (unpaired) electrons. The fraction of sp³-hybridized carbons (Fsp3) is 0.188. The van der Waals surface area contributed by atoms with Crippen molar-refractivity contribution in [3.05, 3.63) is 59.6 Å². The highest BCUT2D eigenvalue weighted by Gasteiger charge is 2.02. The van der Waals surface area contributed by atoms with Crippen LogP contribution in [0.2, 0.25) is 0 Å². The summed E-state index contributed by atoms with van der Waals surface area (Å²) in [7, 11) is 0. The number of nitrogens with one attached hydrogen (secondary N) is 1. The minimum absolute atomic E-state index is 0.856. The Balaban J connectivity index is 1.43. The number of hydrogen-bond acceptors (Lipinski definition) is 4. The molecule has 4 heteroatoms. The van der Waals surface area contributed by atoms with Gasteiger partial charge in [-0.15, -0.1) is 23.1 Å². The van der Waals surface area contributed by atoms with E-state index in [9.17, 15) is 0 Å². The third-order valence-corrected chi connectivity index (χ3v) is 4.96. The van der Waals surface area contributed by atoms with Crippen molar-refractivity contribution in [1.29, 1.82) is 0 Å². The second-order valence-electron chi connectivity index (χ2n) is 4.41. The fourth-order valence-electron chi connectivity index (χ4n) is 1.95. The van der Waals surface area contributed by atoms with Crippen LogP contribution in [0.15, 0.2) is 59.5 Å². The number of para-hydroxylation sites is 1. The number of thiazole rings is 1. The van der Waals surface area contributed by atoms with Gasteiger partial charge in [-0.05, 0) is 24.3 Å². The van der Waals surface area contributed by atoms with Gasteiger partial charge in [-0.2, -0.15) is 0 Å². The van der Waals surface area contributed by atoms with E-state index >= 15 is 0 Å². The van der Waals surface area contributed by atoms with Crippen LogP contribution in [-0.4, -0.2) is 17.3 Å². The summed E-state index contributed by atoms with van der Waals surface area (Å²) in [5.41, 5.74) is 1.10. The SMILES string of the molecule is c1ccc(SCCNCc2nc3ccccc3s2)cc1. The smallest absolute Gasteiger partial charge is 0.108 e. The lowest BCUT2D eigenvalue weighted by Crippen LogP contribution is -2.16. The van der Waals surface area contributed by atoms with Crippen molar-refractivity contribution < 1.29 is 0 Å². The highest BCUT2D eigenvalue weighted by molar-refractivity contribution is 7.99. The summed E-state index contributed by atoms with van der Waals surface area (Å²) in [5.74, 6) is 1.08. The van der Waals surface area contributed by atoms with Crippen molar-refractivity contribution in [2.45, 2.75) is 11.4 Å². The van der Waals surface area contributed by atoms with Crippen molar-refractivity contribution in [2.24, 2.45) is 0 Å². The molecule has 0 fully saturated rings. The van der Waals surface area contributed by atoms with Gasteiger partial charge >= 0.3 is 0 Å². The maximum atomic E-state index is 4.62. The predicted octanol–water partition coefficient (Wildman–Crippen LogP) is 4.18. The number of rotatable bonds is 6. The van der Waals surface area contributed by atoms with Gasteiger partial charge in [0, 0.05) is 23.7 Å². The fourth-order valence-corrected chi connectivity index (χ4v) is 3.72. The van der Waals surface area contributed by atoms with Gasteiger partial charge in [0.05, 0.1) is 10.2 Å². The zero-order valence-corrected chi connectivity index (χ0v) is 12.7. The van der Waals surface area contributed by atoms with Crippen molar-refractivity contribution in [1.82, 2.24) is 10.3 Å². The van der Waals surface area contributed by atoms with Crippen LogP contribution in [0.4, 0.5) is 0 Å². The molecule has 0 unspecified atom stereocenters. The third kappa shape index (κ3) is 3.60. The van der Waals surface area contributed by atoms with Crippen molar-refractivity contribution in [3.8, 4) is 0 Å². The summed E-state index contributed by atoms with van der Waals surface area (Å²) < 4.78 is 1.27. The van der Waals surface area contributed by atoms with Crippen LogP contribution >= 0.6 is 23.1 Å². The molecule has 102 valence electrons. The number of thioether (sulfide) groups is 1. The van der Waals surface area contributed by atoms with Gasteiger partial charge in [0.15, 0.2) is 0 Å². The first-order valence-electron chi connectivity index (χ1n) is 6.65. The van der Waals surface area contributed by atoms with Gasteiger partial charge < -0.3 is 5.32 Å². The average Bonchev–Trinajstić information content (AvgIpc) is 2.90. The molecule has 0 amide bonds. The molecule has 20 heavy (non-hydrogen) atoms. The van der Waals surface area contributed by atoms with Crippen LogP contribution < -0.4 is 5.32 Å². The summed E-state index contributed by atoms with van der Waals surface area (Å²) in [5, 5.41) is 4.62. The van der Waals surface area contributed by atoms with Crippen LogP contribution in [0.1, 0.15) is 5.01 Å². The molecule has 2 nitrogen and oxygen atoms in total. The summed E-state index contributed by atoms with van der Waals surface area (Å²) in [6.45, 7) is 1.85. The zero-order chi connectivity index (χ0) is 13.6. The van der Waals surface area contributed by atoms with E-state index < -0.39 is 0 Å². The molecule has 1 heterocycles. The molecule has 0 atom stereocenters. The maximum absolute atomic E-state index is 4.62.